The zero-order valence-corrected chi connectivity index (χ0v) is 15.1. The van der Waals surface area contributed by atoms with E-state index < -0.39 is 6.04 Å². The second-order valence-electron chi connectivity index (χ2n) is 6.12. The number of hydrogen-bond acceptors (Lipinski definition) is 4. The van der Waals surface area contributed by atoms with E-state index in [1.807, 2.05) is 26.8 Å². The molecule has 2 aromatic rings. The van der Waals surface area contributed by atoms with Crippen LogP contribution in [0.25, 0.3) is 10.9 Å². The highest BCUT2D eigenvalue weighted by Crippen LogP contribution is 2.10. The molecule has 132 valence electrons. The molecule has 1 aromatic carbocycles. The van der Waals surface area contributed by atoms with Gasteiger partial charge in [0.1, 0.15) is 5.82 Å². The van der Waals surface area contributed by atoms with Gasteiger partial charge in [-0.2, -0.15) is 0 Å². The third-order valence-corrected chi connectivity index (χ3v) is 3.74. The number of halogens is 1. The molecule has 1 aromatic heterocycles. The van der Waals surface area contributed by atoms with E-state index in [9.17, 15) is 9.59 Å². The van der Waals surface area contributed by atoms with Gasteiger partial charge in [0.15, 0.2) is 0 Å². The molecule has 0 aliphatic rings. The SMILES string of the molecule is CCN(Cc1nc2ccccc2c(=O)[nH]1)C(=O)[C@@H](N)CC(C)C.Cl. The number of carbonyl (C=O) groups excluding carboxylic acids is 1. The third-order valence-electron chi connectivity index (χ3n) is 3.74. The van der Waals surface area contributed by atoms with Crippen molar-refractivity contribution in [2.75, 3.05) is 6.54 Å². The van der Waals surface area contributed by atoms with Crippen LogP contribution in [0.4, 0.5) is 0 Å². The largest absolute Gasteiger partial charge is 0.334 e. The lowest BCUT2D eigenvalue weighted by molar-refractivity contribution is -0.133. The number of carbonyl (C=O) groups is 1. The average molecular weight is 353 g/mol. The molecular formula is C17H25ClN4O2. The normalized spacial score (nSPS) is 12.0. The van der Waals surface area contributed by atoms with E-state index in [4.69, 9.17) is 5.73 Å². The number of fused-ring (bicyclic) bond motifs is 1. The van der Waals surface area contributed by atoms with Gasteiger partial charge in [-0.1, -0.05) is 26.0 Å². The van der Waals surface area contributed by atoms with E-state index >= 15 is 0 Å². The van der Waals surface area contributed by atoms with Gasteiger partial charge in [0.25, 0.3) is 5.56 Å². The molecule has 0 aliphatic heterocycles. The Balaban J connectivity index is 0.00000288. The Kier molecular flexibility index (Phi) is 7.38. The Morgan fingerprint density at radius 3 is 2.62 bits per heavy atom. The van der Waals surface area contributed by atoms with Crippen molar-refractivity contribution in [3.63, 3.8) is 0 Å². The minimum Gasteiger partial charge on any atom is -0.334 e. The number of amides is 1. The van der Waals surface area contributed by atoms with Crippen LogP contribution in [0.5, 0.6) is 0 Å². The number of hydrogen-bond donors (Lipinski definition) is 2. The van der Waals surface area contributed by atoms with Gasteiger partial charge in [-0.25, -0.2) is 4.98 Å². The lowest BCUT2D eigenvalue weighted by Gasteiger charge is -2.24. The van der Waals surface area contributed by atoms with Crippen molar-refractivity contribution >= 4 is 29.2 Å². The first-order chi connectivity index (χ1) is 10.9. The summed E-state index contributed by atoms with van der Waals surface area (Å²) in [5, 5.41) is 0.544. The summed E-state index contributed by atoms with van der Waals surface area (Å²) in [6.07, 6.45) is 0.636. The number of aromatic nitrogens is 2. The Labute approximate surface area is 147 Å². The standard InChI is InChI=1S/C17H24N4O2.ClH/c1-4-21(17(23)13(18)9-11(2)3)10-15-19-14-8-6-5-7-12(14)16(22)20-15;/h5-8,11,13H,4,9-10,18H2,1-3H3,(H,19,20,22);1H/t13-;/m0./s1. The Morgan fingerprint density at radius 1 is 1.33 bits per heavy atom. The monoisotopic (exact) mass is 352 g/mol. The zero-order valence-electron chi connectivity index (χ0n) is 14.3. The molecule has 1 heterocycles. The van der Waals surface area contributed by atoms with Crippen LogP contribution in [0.1, 0.15) is 33.0 Å². The topological polar surface area (TPSA) is 92.1 Å². The number of nitrogens with two attached hydrogens (primary N) is 1. The van der Waals surface area contributed by atoms with Crippen molar-refractivity contribution in [2.45, 2.75) is 39.8 Å². The molecule has 6 nitrogen and oxygen atoms in total. The highest BCUT2D eigenvalue weighted by Gasteiger charge is 2.21. The quantitative estimate of drug-likeness (QED) is 0.832. The van der Waals surface area contributed by atoms with Gasteiger partial charge in [-0.05, 0) is 31.4 Å². The molecule has 3 N–H and O–H groups in total. The third kappa shape index (κ3) is 4.79. The Morgan fingerprint density at radius 2 is 2.00 bits per heavy atom. The fourth-order valence-corrected chi connectivity index (χ4v) is 2.58. The van der Waals surface area contributed by atoms with Gasteiger partial charge in [-0.3, -0.25) is 9.59 Å². The molecular weight excluding hydrogens is 328 g/mol. The summed E-state index contributed by atoms with van der Waals surface area (Å²) in [6.45, 7) is 6.72. The van der Waals surface area contributed by atoms with Gasteiger partial charge in [0, 0.05) is 6.54 Å². The van der Waals surface area contributed by atoms with E-state index in [2.05, 4.69) is 9.97 Å². The predicted molar refractivity (Wildman–Crippen MR) is 98.1 cm³/mol. The van der Waals surface area contributed by atoms with Crippen molar-refractivity contribution in [2.24, 2.45) is 11.7 Å². The molecule has 7 heteroatoms. The number of aromatic amines is 1. The molecule has 1 atom stereocenters. The minimum atomic E-state index is -0.526. The van der Waals surface area contributed by atoms with Crippen LogP contribution in [0, 0.1) is 5.92 Å². The maximum absolute atomic E-state index is 12.4. The molecule has 0 radical (unpaired) electrons. The molecule has 24 heavy (non-hydrogen) atoms. The van der Waals surface area contributed by atoms with Crippen LogP contribution in [0.3, 0.4) is 0 Å². The summed E-state index contributed by atoms with van der Waals surface area (Å²) < 4.78 is 0. The molecule has 0 fully saturated rings. The molecule has 2 rings (SSSR count). The Hall–Kier alpha value is -1.92. The smallest absolute Gasteiger partial charge is 0.258 e. The maximum atomic E-state index is 12.4. The number of H-pyrrole nitrogens is 1. The highest BCUT2D eigenvalue weighted by atomic mass is 35.5. The second kappa shape index (κ2) is 8.80. The molecule has 0 saturated carbocycles. The molecule has 0 aliphatic carbocycles. The minimum absolute atomic E-state index is 0. The Bertz CT molecular complexity index is 745. The number of benzene rings is 1. The van der Waals surface area contributed by atoms with Crippen molar-refractivity contribution in [3.8, 4) is 0 Å². The first-order valence-corrected chi connectivity index (χ1v) is 7.94. The van der Waals surface area contributed by atoms with Crippen LogP contribution in [-0.4, -0.2) is 33.4 Å². The lowest BCUT2D eigenvalue weighted by Crippen LogP contribution is -2.44. The van der Waals surface area contributed by atoms with Gasteiger partial charge >= 0.3 is 0 Å². The summed E-state index contributed by atoms with van der Waals surface area (Å²) in [6, 6.07) is 6.62. The van der Waals surface area contributed by atoms with Crippen molar-refractivity contribution < 1.29 is 4.79 Å². The van der Waals surface area contributed by atoms with E-state index in [-0.39, 0.29) is 30.4 Å². The van der Waals surface area contributed by atoms with Gasteiger partial charge in [0.2, 0.25) is 5.91 Å². The van der Waals surface area contributed by atoms with Crippen molar-refractivity contribution in [1.29, 1.82) is 0 Å². The van der Waals surface area contributed by atoms with E-state index in [0.29, 0.717) is 35.6 Å². The van der Waals surface area contributed by atoms with Gasteiger partial charge in [-0.15, -0.1) is 12.4 Å². The van der Waals surface area contributed by atoms with Crippen molar-refractivity contribution in [1.82, 2.24) is 14.9 Å². The zero-order chi connectivity index (χ0) is 17.0. The van der Waals surface area contributed by atoms with Crippen LogP contribution in [0.2, 0.25) is 0 Å². The molecule has 0 spiro atoms. The summed E-state index contributed by atoms with van der Waals surface area (Å²) in [4.78, 5) is 33.3. The van der Waals surface area contributed by atoms with E-state index in [1.54, 1.807) is 23.1 Å². The number of nitrogens with one attached hydrogen (secondary N) is 1. The van der Waals surface area contributed by atoms with Gasteiger partial charge < -0.3 is 15.6 Å². The van der Waals surface area contributed by atoms with Crippen LogP contribution < -0.4 is 11.3 Å². The summed E-state index contributed by atoms with van der Waals surface area (Å²) in [5.41, 5.74) is 6.42. The first kappa shape index (κ1) is 20.1. The van der Waals surface area contributed by atoms with Crippen LogP contribution >= 0.6 is 12.4 Å². The lowest BCUT2D eigenvalue weighted by atomic mass is 10.0. The fraction of sp³-hybridized carbons (Fsp3) is 0.471. The number of para-hydroxylation sites is 1. The van der Waals surface area contributed by atoms with E-state index in [1.165, 1.54) is 0 Å². The van der Waals surface area contributed by atoms with Crippen molar-refractivity contribution in [3.05, 3.63) is 40.4 Å². The summed E-state index contributed by atoms with van der Waals surface area (Å²) in [7, 11) is 0. The molecule has 0 unspecified atom stereocenters. The number of nitrogens with zero attached hydrogens (tertiary/aromatic N) is 2. The summed E-state index contributed by atoms with van der Waals surface area (Å²) in [5.74, 6) is 0.712. The van der Waals surface area contributed by atoms with E-state index in [0.717, 1.165) is 0 Å². The van der Waals surface area contributed by atoms with Crippen LogP contribution in [-0.2, 0) is 11.3 Å². The van der Waals surface area contributed by atoms with Gasteiger partial charge in [0.05, 0.1) is 23.5 Å². The van der Waals surface area contributed by atoms with Crippen LogP contribution in [0.15, 0.2) is 29.1 Å². The highest BCUT2D eigenvalue weighted by molar-refractivity contribution is 5.85. The maximum Gasteiger partial charge on any atom is 0.258 e. The molecule has 0 saturated heterocycles. The molecule has 1 amide bonds. The fourth-order valence-electron chi connectivity index (χ4n) is 2.58. The first-order valence-electron chi connectivity index (χ1n) is 7.94. The second-order valence-corrected chi connectivity index (χ2v) is 6.12. The molecule has 0 bridgehead atoms. The average Bonchev–Trinajstić information content (AvgIpc) is 2.51. The predicted octanol–water partition coefficient (Wildman–Crippen LogP) is 2.07. The number of rotatable bonds is 6. The number of likely N-dealkylation sites (N-methyl/N-ethyl adjacent to an activating group) is 1. The summed E-state index contributed by atoms with van der Waals surface area (Å²) >= 11 is 0.